The van der Waals surface area contributed by atoms with Gasteiger partial charge in [0.1, 0.15) is 17.7 Å². The minimum absolute atomic E-state index is 0.0653. The molecule has 2 unspecified atom stereocenters. The molecule has 150 valence electrons. The fraction of sp³-hybridized carbons (Fsp3) is 0.579. The highest BCUT2D eigenvalue weighted by atomic mass is 16.5. The molecule has 0 bridgehead atoms. The summed E-state index contributed by atoms with van der Waals surface area (Å²) in [5, 5.41) is 21.6. The Labute approximate surface area is 159 Å². The second kappa shape index (κ2) is 8.69. The Morgan fingerprint density at radius 2 is 2.15 bits per heavy atom. The molecule has 1 saturated carbocycles. The number of nitrogen functional groups attached to an aromatic ring is 1. The summed E-state index contributed by atoms with van der Waals surface area (Å²) >= 11 is 0. The van der Waals surface area contributed by atoms with E-state index < -0.39 is 24.3 Å². The van der Waals surface area contributed by atoms with E-state index in [9.17, 15) is 15.0 Å². The van der Waals surface area contributed by atoms with Gasteiger partial charge in [-0.25, -0.2) is 0 Å². The fourth-order valence-corrected chi connectivity index (χ4v) is 3.12. The molecule has 27 heavy (non-hydrogen) atoms. The predicted octanol–water partition coefficient (Wildman–Crippen LogP) is 0.257. The van der Waals surface area contributed by atoms with E-state index in [1.54, 1.807) is 18.2 Å². The van der Waals surface area contributed by atoms with Gasteiger partial charge < -0.3 is 31.7 Å². The molecule has 1 aliphatic rings. The fourth-order valence-electron chi connectivity index (χ4n) is 3.12. The smallest absolute Gasteiger partial charge is 0.270 e. The summed E-state index contributed by atoms with van der Waals surface area (Å²) in [5.41, 5.74) is 10.9. The van der Waals surface area contributed by atoms with E-state index in [0.717, 1.165) is 18.8 Å². The molecule has 2 rings (SSSR count). The number of anilines is 1. The molecule has 1 aliphatic carbocycles. The predicted molar refractivity (Wildman–Crippen MR) is 105 cm³/mol. The van der Waals surface area contributed by atoms with Crippen LogP contribution < -0.4 is 21.5 Å². The van der Waals surface area contributed by atoms with Crippen molar-refractivity contribution in [3.05, 3.63) is 23.8 Å². The van der Waals surface area contributed by atoms with Gasteiger partial charge in [-0.3, -0.25) is 9.79 Å². The van der Waals surface area contributed by atoms with Gasteiger partial charge in [-0.15, -0.1) is 0 Å². The van der Waals surface area contributed by atoms with Crippen LogP contribution in [-0.2, 0) is 4.79 Å². The summed E-state index contributed by atoms with van der Waals surface area (Å²) in [5.74, 6) is 1.31. The van der Waals surface area contributed by atoms with Gasteiger partial charge in [0.2, 0.25) is 0 Å². The van der Waals surface area contributed by atoms with Crippen molar-refractivity contribution >= 4 is 17.3 Å². The molecule has 1 amide bonds. The van der Waals surface area contributed by atoms with Gasteiger partial charge in [0.05, 0.1) is 18.8 Å². The number of carbonyl (C=O) groups is 1. The molecule has 0 aliphatic heterocycles. The molecular formula is C19H30N4O4. The van der Waals surface area contributed by atoms with Gasteiger partial charge in [-0.05, 0) is 49.8 Å². The molecule has 0 radical (unpaired) electrons. The van der Waals surface area contributed by atoms with Gasteiger partial charge in [-0.2, -0.15) is 0 Å². The normalized spacial score (nSPS) is 23.1. The van der Waals surface area contributed by atoms with E-state index in [4.69, 9.17) is 16.2 Å². The topological polar surface area (TPSA) is 143 Å². The number of carbonyl (C=O) groups excluding carboxylic acids is 1. The zero-order chi connectivity index (χ0) is 20.2. The number of aliphatic hydroxyl groups excluding tert-OH is 2. The monoisotopic (exact) mass is 378 g/mol. The third-order valence-corrected chi connectivity index (χ3v) is 5.06. The highest BCUT2D eigenvalue weighted by Crippen LogP contribution is 2.33. The van der Waals surface area contributed by atoms with Crippen molar-refractivity contribution in [3.63, 3.8) is 0 Å². The van der Waals surface area contributed by atoms with Crippen LogP contribution in [0.5, 0.6) is 5.75 Å². The molecule has 8 heteroatoms. The maximum Gasteiger partial charge on any atom is 0.270 e. The molecule has 7 N–H and O–H groups in total. The summed E-state index contributed by atoms with van der Waals surface area (Å²) in [7, 11) is 1.47. The molecule has 0 saturated heterocycles. The number of nitrogens with zero attached hydrogens (tertiary/aromatic N) is 1. The number of rotatable bonds is 8. The van der Waals surface area contributed by atoms with Crippen molar-refractivity contribution in [2.24, 2.45) is 22.6 Å². The van der Waals surface area contributed by atoms with Crippen molar-refractivity contribution < 1.29 is 19.7 Å². The molecule has 1 fully saturated rings. The minimum atomic E-state index is -1.44. The van der Waals surface area contributed by atoms with E-state index in [1.807, 2.05) is 0 Å². The maximum absolute atomic E-state index is 12.7. The SMILES string of the molecule is CN=C(C(=O)NC(C)(CO)C(N)O)c1cc(OCC2CC(C)C2)ccc1N. The largest absolute Gasteiger partial charge is 0.493 e. The van der Waals surface area contributed by atoms with Crippen LogP contribution in [0.15, 0.2) is 23.2 Å². The van der Waals surface area contributed by atoms with E-state index in [0.29, 0.717) is 29.5 Å². The number of nitrogens with two attached hydrogens (primary N) is 2. The molecule has 0 spiro atoms. The zero-order valence-electron chi connectivity index (χ0n) is 16.1. The number of nitrogens with one attached hydrogen (secondary N) is 1. The first kappa shape index (κ1) is 21.1. The van der Waals surface area contributed by atoms with Crippen LogP contribution in [0.1, 0.15) is 32.3 Å². The summed E-state index contributed by atoms with van der Waals surface area (Å²) in [6.45, 7) is 3.75. The van der Waals surface area contributed by atoms with E-state index in [2.05, 4.69) is 17.2 Å². The third-order valence-electron chi connectivity index (χ3n) is 5.06. The molecule has 8 nitrogen and oxygen atoms in total. The number of hydrogen-bond acceptors (Lipinski definition) is 7. The third kappa shape index (κ3) is 4.97. The van der Waals surface area contributed by atoms with Crippen LogP contribution in [0.2, 0.25) is 0 Å². The van der Waals surface area contributed by atoms with Gasteiger partial charge in [0, 0.05) is 18.3 Å². The molecule has 2 atom stereocenters. The Bertz CT molecular complexity index is 701. The summed E-state index contributed by atoms with van der Waals surface area (Å²) in [4.78, 5) is 16.7. The standard InChI is InChI=1S/C19H30N4O4/c1-11-6-12(7-11)9-27-13-4-5-15(20)14(8-13)16(22-3)17(25)23-19(2,10-24)18(21)26/h4-5,8,11-12,18,24,26H,6-7,9-10,20-21H2,1-3H3,(H,23,25). The van der Waals surface area contributed by atoms with Gasteiger partial charge >= 0.3 is 0 Å². The second-order valence-electron chi connectivity index (χ2n) is 7.55. The van der Waals surface area contributed by atoms with E-state index in [-0.39, 0.29) is 5.71 Å². The quantitative estimate of drug-likeness (QED) is 0.249. The van der Waals surface area contributed by atoms with E-state index in [1.165, 1.54) is 14.0 Å². The molecule has 0 heterocycles. The summed E-state index contributed by atoms with van der Waals surface area (Å²) in [6, 6.07) is 5.09. The lowest BCUT2D eigenvalue weighted by atomic mass is 9.77. The highest BCUT2D eigenvalue weighted by Gasteiger charge is 2.33. The summed E-state index contributed by atoms with van der Waals surface area (Å²) < 4.78 is 5.85. The number of benzene rings is 1. The van der Waals surface area contributed by atoms with Crippen LogP contribution in [0.25, 0.3) is 0 Å². The van der Waals surface area contributed by atoms with Crippen LogP contribution >= 0.6 is 0 Å². The van der Waals surface area contributed by atoms with Crippen LogP contribution in [0.3, 0.4) is 0 Å². The molecule has 1 aromatic rings. The Morgan fingerprint density at radius 3 is 2.67 bits per heavy atom. The Morgan fingerprint density at radius 1 is 1.48 bits per heavy atom. The van der Waals surface area contributed by atoms with Gasteiger partial charge in [0.25, 0.3) is 5.91 Å². The number of amides is 1. The van der Waals surface area contributed by atoms with Crippen molar-refractivity contribution in [2.75, 3.05) is 26.0 Å². The first-order chi connectivity index (χ1) is 12.7. The Balaban J connectivity index is 2.15. The van der Waals surface area contributed by atoms with Gasteiger partial charge in [-0.1, -0.05) is 6.92 Å². The molecule has 1 aromatic carbocycles. The summed E-state index contributed by atoms with van der Waals surface area (Å²) in [6.07, 6.45) is 0.876. The van der Waals surface area contributed by atoms with Crippen molar-refractivity contribution in [1.29, 1.82) is 0 Å². The number of ether oxygens (including phenoxy) is 1. The lowest BCUT2D eigenvalue weighted by molar-refractivity contribution is -0.118. The number of aliphatic imine (C=N–C) groups is 1. The van der Waals surface area contributed by atoms with Crippen molar-refractivity contribution in [3.8, 4) is 5.75 Å². The Kier molecular flexibility index (Phi) is 6.80. The lowest BCUT2D eigenvalue weighted by Gasteiger charge is -2.32. The first-order valence-corrected chi connectivity index (χ1v) is 9.06. The number of aliphatic hydroxyl groups is 2. The molecule has 0 aromatic heterocycles. The van der Waals surface area contributed by atoms with Crippen LogP contribution in [0.4, 0.5) is 5.69 Å². The average molecular weight is 378 g/mol. The zero-order valence-corrected chi connectivity index (χ0v) is 16.1. The lowest BCUT2D eigenvalue weighted by Crippen LogP contribution is -2.61. The van der Waals surface area contributed by atoms with Gasteiger partial charge in [0.15, 0.2) is 0 Å². The maximum atomic E-state index is 12.7. The van der Waals surface area contributed by atoms with Crippen LogP contribution in [0, 0.1) is 11.8 Å². The molecular weight excluding hydrogens is 348 g/mol. The first-order valence-electron chi connectivity index (χ1n) is 9.06. The van der Waals surface area contributed by atoms with Crippen LogP contribution in [-0.4, -0.2) is 53.9 Å². The average Bonchev–Trinajstić information content (AvgIpc) is 2.60. The highest BCUT2D eigenvalue weighted by molar-refractivity contribution is 6.46. The van der Waals surface area contributed by atoms with Crippen molar-refractivity contribution in [2.45, 2.75) is 38.5 Å². The Hall–Kier alpha value is -2.16. The minimum Gasteiger partial charge on any atom is -0.493 e. The van der Waals surface area contributed by atoms with E-state index >= 15 is 0 Å². The second-order valence-corrected chi connectivity index (χ2v) is 7.55. The van der Waals surface area contributed by atoms with Crippen molar-refractivity contribution in [1.82, 2.24) is 5.32 Å². The number of hydrogen-bond donors (Lipinski definition) is 5.